The molecule has 8 heteroatoms. The molecule has 0 aromatic rings. The van der Waals surface area contributed by atoms with Crippen molar-refractivity contribution in [2.75, 3.05) is 39.8 Å². The minimum atomic E-state index is -4.15. The fraction of sp³-hybridized carbons (Fsp3) is 0.929. The summed E-state index contributed by atoms with van der Waals surface area (Å²) in [6.07, 6.45) is -3.11. The third-order valence-electron chi connectivity index (χ3n) is 3.85. The molecular weight excluding hydrogens is 408 g/mol. The molecule has 0 amide bonds. The largest absolute Gasteiger partial charge is 0.403 e. The van der Waals surface area contributed by atoms with Crippen LogP contribution in [0.25, 0.3) is 0 Å². The zero-order valence-corrected chi connectivity index (χ0v) is 16.1. The van der Waals surface area contributed by atoms with Gasteiger partial charge in [-0.05, 0) is 19.3 Å². The first-order valence-corrected chi connectivity index (χ1v) is 7.52. The van der Waals surface area contributed by atoms with Gasteiger partial charge in [0, 0.05) is 39.8 Å². The quantitative estimate of drug-likeness (QED) is 0.418. The van der Waals surface area contributed by atoms with Gasteiger partial charge in [-0.1, -0.05) is 13.8 Å². The van der Waals surface area contributed by atoms with Crippen LogP contribution < -0.4 is 5.32 Å². The van der Waals surface area contributed by atoms with E-state index >= 15 is 0 Å². The number of piperazine rings is 1. The van der Waals surface area contributed by atoms with Crippen molar-refractivity contribution in [3.05, 3.63) is 0 Å². The van der Waals surface area contributed by atoms with E-state index in [0.717, 1.165) is 18.9 Å². The third-order valence-corrected chi connectivity index (χ3v) is 3.85. The first kappa shape index (κ1) is 21.8. The molecule has 1 aliphatic rings. The van der Waals surface area contributed by atoms with E-state index in [-0.39, 0.29) is 24.0 Å². The number of halogens is 4. The lowest BCUT2D eigenvalue weighted by Crippen LogP contribution is -2.56. The number of aliphatic imine (C=N–C) groups is 1. The number of hydrogen-bond donors (Lipinski definition) is 1. The van der Waals surface area contributed by atoms with E-state index < -0.39 is 12.2 Å². The van der Waals surface area contributed by atoms with Crippen LogP contribution >= 0.6 is 24.0 Å². The van der Waals surface area contributed by atoms with E-state index in [9.17, 15) is 13.2 Å². The Bertz CT molecular complexity index is 339. The molecule has 0 saturated carbocycles. The molecule has 1 heterocycles. The van der Waals surface area contributed by atoms with Crippen LogP contribution in [0, 0.1) is 5.92 Å². The van der Waals surface area contributed by atoms with Crippen LogP contribution in [0.15, 0.2) is 4.99 Å². The molecule has 1 fully saturated rings. The number of nitrogens with one attached hydrogen (secondary N) is 1. The summed E-state index contributed by atoms with van der Waals surface area (Å²) in [6.45, 7) is 8.33. The molecular formula is C14H28F3IN4. The lowest BCUT2D eigenvalue weighted by atomic mass is 10.1. The number of rotatable bonds is 4. The Labute approximate surface area is 148 Å². The number of hydrogen-bond acceptors (Lipinski definition) is 2. The van der Waals surface area contributed by atoms with Crippen LogP contribution in [0.1, 0.15) is 27.2 Å². The zero-order chi connectivity index (χ0) is 16.0. The molecule has 22 heavy (non-hydrogen) atoms. The van der Waals surface area contributed by atoms with E-state index in [1.807, 2.05) is 4.90 Å². The molecule has 0 bridgehead atoms. The summed E-state index contributed by atoms with van der Waals surface area (Å²) in [6, 6.07) is -1.38. The molecule has 0 radical (unpaired) electrons. The van der Waals surface area contributed by atoms with Crippen LogP contribution in [0.3, 0.4) is 0 Å². The van der Waals surface area contributed by atoms with Crippen molar-refractivity contribution in [3.63, 3.8) is 0 Å². The molecule has 1 N–H and O–H groups in total. The smallest absolute Gasteiger partial charge is 0.356 e. The second-order valence-corrected chi connectivity index (χ2v) is 5.90. The average molecular weight is 436 g/mol. The zero-order valence-electron chi connectivity index (χ0n) is 13.8. The van der Waals surface area contributed by atoms with Gasteiger partial charge in [0.1, 0.15) is 6.04 Å². The molecule has 1 unspecified atom stereocenters. The number of alkyl halides is 3. The van der Waals surface area contributed by atoms with Gasteiger partial charge in [-0.2, -0.15) is 13.2 Å². The van der Waals surface area contributed by atoms with Crippen LogP contribution in [0.2, 0.25) is 0 Å². The van der Waals surface area contributed by atoms with Gasteiger partial charge in [-0.15, -0.1) is 24.0 Å². The van der Waals surface area contributed by atoms with Crippen molar-refractivity contribution in [1.82, 2.24) is 15.1 Å². The lowest BCUT2D eigenvalue weighted by Gasteiger charge is -2.39. The molecule has 1 rings (SSSR count). The Morgan fingerprint density at radius 3 is 2.09 bits per heavy atom. The number of guanidine groups is 1. The Kier molecular flexibility index (Phi) is 9.68. The first-order valence-electron chi connectivity index (χ1n) is 7.52. The molecule has 1 atom stereocenters. The third kappa shape index (κ3) is 6.89. The van der Waals surface area contributed by atoms with Gasteiger partial charge in [0.05, 0.1) is 0 Å². The van der Waals surface area contributed by atoms with Gasteiger partial charge in [0.15, 0.2) is 5.96 Å². The van der Waals surface area contributed by atoms with Crippen LogP contribution in [-0.2, 0) is 0 Å². The highest BCUT2D eigenvalue weighted by molar-refractivity contribution is 14.0. The molecule has 132 valence electrons. The molecule has 1 aliphatic heterocycles. The fourth-order valence-corrected chi connectivity index (χ4v) is 2.33. The fourth-order valence-electron chi connectivity index (χ4n) is 2.33. The van der Waals surface area contributed by atoms with E-state index in [4.69, 9.17) is 0 Å². The molecule has 4 nitrogen and oxygen atoms in total. The summed E-state index contributed by atoms with van der Waals surface area (Å²) in [5.74, 6) is 1.40. The van der Waals surface area contributed by atoms with Crippen molar-refractivity contribution in [2.45, 2.75) is 39.4 Å². The second-order valence-electron chi connectivity index (χ2n) is 5.90. The highest BCUT2D eigenvalue weighted by Crippen LogP contribution is 2.25. The van der Waals surface area contributed by atoms with Crippen molar-refractivity contribution in [1.29, 1.82) is 0 Å². The Morgan fingerprint density at radius 2 is 1.68 bits per heavy atom. The van der Waals surface area contributed by atoms with Crippen molar-refractivity contribution >= 4 is 29.9 Å². The van der Waals surface area contributed by atoms with Gasteiger partial charge in [-0.3, -0.25) is 9.89 Å². The van der Waals surface area contributed by atoms with E-state index in [1.165, 1.54) is 11.8 Å². The molecule has 0 aliphatic carbocycles. The molecule has 0 aromatic heterocycles. The first-order chi connectivity index (χ1) is 9.75. The summed E-state index contributed by atoms with van der Waals surface area (Å²) in [5.41, 5.74) is 0. The van der Waals surface area contributed by atoms with Crippen molar-refractivity contribution in [2.24, 2.45) is 10.9 Å². The van der Waals surface area contributed by atoms with Gasteiger partial charge < -0.3 is 10.2 Å². The van der Waals surface area contributed by atoms with Crippen LogP contribution in [-0.4, -0.2) is 67.7 Å². The topological polar surface area (TPSA) is 30.9 Å². The summed E-state index contributed by atoms with van der Waals surface area (Å²) >= 11 is 0. The van der Waals surface area contributed by atoms with Crippen LogP contribution in [0.5, 0.6) is 0 Å². The van der Waals surface area contributed by atoms with Crippen molar-refractivity contribution < 1.29 is 13.2 Å². The average Bonchev–Trinajstić information content (AvgIpc) is 2.42. The highest BCUT2D eigenvalue weighted by Gasteiger charge is 2.40. The Hall–Kier alpha value is -0.250. The Balaban J connectivity index is 0.00000441. The highest BCUT2D eigenvalue weighted by atomic mass is 127. The monoisotopic (exact) mass is 436 g/mol. The summed E-state index contributed by atoms with van der Waals surface area (Å²) < 4.78 is 38.1. The number of nitrogens with zero attached hydrogens (tertiary/aromatic N) is 3. The van der Waals surface area contributed by atoms with Gasteiger partial charge >= 0.3 is 6.18 Å². The van der Waals surface area contributed by atoms with Gasteiger partial charge in [0.2, 0.25) is 0 Å². The maximum absolute atomic E-state index is 12.7. The molecule has 1 saturated heterocycles. The predicted octanol–water partition coefficient (Wildman–Crippen LogP) is 2.79. The Morgan fingerprint density at radius 1 is 1.14 bits per heavy atom. The molecule has 0 spiro atoms. The molecule has 0 aromatic carbocycles. The van der Waals surface area contributed by atoms with Crippen LogP contribution in [0.4, 0.5) is 13.2 Å². The maximum atomic E-state index is 12.7. The standard InChI is InChI=1S/C14H27F3N4.HI/c1-11(2)5-6-19-13(18-4)21-9-7-20(8-10-21)12(3)14(15,16)17;/h11-12H,5-10H2,1-4H3,(H,18,19);1H. The van der Waals surface area contributed by atoms with Gasteiger partial charge in [-0.25, -0.2) is 0 Å². The summed E-state index contributed by atoms with van der Waals surface area (Å²) in [4.78, 5) is 7.73. The maximum Gasteiger partial charge on any atom is 0.403 e. The second kappa shape index (κ2) is 9.79. The summed E-state index contributed by atoms with van der Waals surface area (Å²) in [7, 11) is 1.71. The predicted molar refractivity (Wildman–Crippen MR) is 94.9 cm³/mol. The minimum absolute atomic E-state index is 0. The van der Waals surface area contributed by atoms with E-state index in [2.05, 4.69) is 24.2 Å². The van der Waals surface area contributed by atoms with E-state index in [1.54, 1.807) is 7.05 Å². The van der Waals surface area contributed by atoms with Gasteiger partial charge in [0.25, 0.3) is 0 Å². The minimum Gasteiger partial charge on any atom is -0.356 e. The SMILES string of the molecule is CN=C(NCCC(C)C)N1CCN(C(C)C(F)(F)F)CC1.I. The van der Waals surface area contributed by atoms with E-state index in [0.29, 0.717) is 32.1 Å². The normalized spacial score (nSPS) is 19.1. The summed E-state index contributed by atoms with van der Waals surface area (Å²) in [5, 5.41) is 3.28. The van der Waals surface area contributed by atoms with Crippen molar-refractivity contribution in [3.8, 4) is 0 Å². The lowest BCUT2D eigenvalue weighted by molar-refractivity contribution is -0.181.